The Hall–Kier alpha value is -2.10. The second kappa shape index (κ2) is 6.57. The van der Waals surface area contributed by atoms with E-state index in [-0.39, 0.29) is 11.8 Å². The van der Waals surface area contributed by atoms with E-state index in [1.165, 1.54) is 0 Å². The van der Waals surface area contributed by atoms with E-state index in [9.17, 15) is 9.59 Å². The molecule has 0 spiro atoms. The molecule has 1 aromatic carbocycles. The molecular formula is C17H20O4. The molecule has 0 saturated carbocycles. The van der Waals surface area contributed by atoms with Crippen LogP contribution in [0.2, 0.25) is 0 Å². The first-order chi connectivity index (χ1) is 10.1. The highest BCUT2D eigenvalue weighted by molar-refractivity contribution is 5.96. The van der Waals surface area contributed by atoms with Gasteiger partial charge in [-0.3, -0.25) is 9.59 Å². The van der Waals surface area contributed by atoms with Gasteiger partial charge in [0, 0.05) is 37.3 Å². The Balaban J connectivity index is 2.28. The van der Waals surface area contributed by atoms with Crippen LogP contribution in [0.4, 0.5) is 0 Å². The Labute approximate surface area is 124 Å². The normalized spacial score (nSPS) is 13.5. The fourth-order valence-corrected chi connectivity index (χ4v) is 2.28. The lowest BCUT2D eigenvalue weighted by Gasteiger charge is -2.22. The van der Waals surface area contributed by atoms with Gasteiger partial charge in [-0.1, -0.05) is 26.8 Å². The van der Waals surface area contributed by atoms with Crippen LogP contribution in [0.5, 0.6) is 11.5 Å². The smallest absolute Gasteiger partial charge is 0.310 e. The summed E-state index contributed by atoms with van der Waals surface area (Å²) in [5.41, 5.74) is 1.70. The minimum Gasteiger partial charge on any atom is -0.461 e. The summed E-state index contributed by atoms with van der Waals surface area (Å²) in [6, 6.07) is 5.30. The summed E-state index contributed by atoms with van der Waals surface area (Å²) in [7, 11) is 0. The summed E-state index contributed by atoms with van der Waals surface area (Å²) in [5.74, 6) is 1.70. The van der Waals surface area contributed by atoms with Crippen LogP contribution in [0.3, 0.4) is 0 Å². The second-order valence-corrected chi connectivity index (χ2v) is 4.91. The average Bonchev–Trinajstić information content (AvgIpc) is 2.52. The van der Waals surface area contributed by atoms with Gasteiger partial charge in [-0.25, -0.2) is 0 Å². The minimum atomic E-state index is -0.279. The fourth-order valence-electron chi connectivity index (χ4n) is 2.28. The van der Waals surface area contributed by atoms with Gasteiger partial charge in [-0.05, 0) is 11.6 Å². The van der Waals surface area contributed by atoms with E-state index < -0.39 is 0 Å². The molecular weight excluding hydrogens is 268 g/mol. The van der Waals surface area contributed by atoms with Gasteiger partial charge in [-0.15, -0.1) is 0 Å². The summed E-state index contributed by atoms with van der Waals surface area (Å²) >= 11 is 0. The molecule has 0 atom stereocenters. The molecule has 1 heterocycles. The highest BCUT2D eigenvalue weighted by Crippen LogP contribution is 2.35. The van der Waals surface area contributed by atoms with Crippen LogP contribution in [0.25, 0.3) is 0 Å². The number of carbonyl (C=O) groups excluding carboxylic acids is 2. The van der Waals surface area contributed by atoms with Gasteiger partial charge in [0.2, 0.25) is 0 Å². The lowest BCUT2D eigenvalue weighted by Crippen LogP contribution is -2.16. The lowest BCUT2D eigenvalue weighted by molar-refractivity contribution is -0.134. The van der Waals surface area contributed by atoms with Crippen LogP contribution in [-0.2, 0) is 16.0 Å². The highest BCUT2D eigenvalue weighted by atomic mass is 16.5. The largest absolute Gasteiger partial charge is 0.461 e. The van der Waals surface area contributed by atoms with Gasteiger partial charge in [0.05, 0.1) is 0 Å². The van der Waals surface area contributed by atoms with E-state index in [0.717, 1.165) is 11.1 Å². The number of hydrogen-bond donors (Lipinski definition) is 0. The Morgan fingerprint density at radius 2 is 1.95 bits per heavy atom. The van der Waals surface area contributed by atoms with E-state index in [2.05, 4.69) is 0 Å². The number of benzene rings is 1. The quantitative estimate of drug-likeness (QED) is 0.614. The highest BCUT2D eigenvalue weighted by Gasteiger charge is 2.23. The zero-order chi connectivity index (χ0) is 15.4. The fraction of sp³-hybridized carbons (Fsp3) is 0.412. The molecule has 112 valence electrons. The molecule has 0 fully saturated rings. The van der Waals surface area contributed by atoms with Crippen LogP contribution < -0.4 is 9.47 Å². The molecule has 0 radical (unpaired) electrons. The SMILES string of the molecule is CCC(=O)Oc1ccc2c(c1)OC(CC)=C(C(=O)CC)C2. The molecule has 0 aliphatic carbocycles. The van der Waals surface area contributed by atoms with Crippen LogP contribution in [0.15, 0.2) is 29.5 Å². The van der Waals surface area contributed by atoms with Gasteiger partial charge in [0.1, 0.15) is 17.3 Å². The first kappa shape index (κ1) is 15.3. The maximum Gasteiger partial charge on any atom is 0.310 e. The van der Waals surface area contributed by atoms with Gasteiger partial charge in [0.15, 0.2) is 5.78 Å². The molecule has 1 aliphatic heterocycles. The number of rotatable bonds is 5. The summed E-state index contributed by atoms with van der Waals surface area (Å²) in [6.07, 6.45) is 2.05. The molecule has 4 nitrogen and oxygen atoms in total. The van der Waals surface area contributed by atoms with Crippen molar-refractivity contribution in [1.29, 1.82) is 0 Å². The number of esters is 1. The monoisotopic (exact) mass is 288 g/mol. The standard InChI is InChI=1S/C17H20O4/c1-4-14(18)13-9-11-7-8-12(20-17(19)6-3)10-16(11)21-15(13)5-2/h7-8,10H,4-6,9H2,1-3H3. The number of ether oxygens (including phenoxy) is 2. The number of carbonyl (C=O) groups is 2. The molecule has 1 aliphatic rings. The van der Waals surface area contributed by atoms with E-state index in [1.54, 1.807) is 19.1 Å². The predicted octanol–water partition coefficient (Wildman–Crippen LogP) is 3.58. The van der Waals surface area contributed by atoms with Crippen LogP contribution in [0, 0.1) is 0 Å². The van der Waals surface area contributed by atoms with Gasteiger partial charge < -0.3 is 9.47 Å². The number of hydrogen-bond acceptors (Lipinski definition) is 4. The molecule has 1 aromatic rings. The summed E-state index contributed by atoms with van der Waals surface area (Å²) in [5, 5.41) is 0. The number of Topliss-reactive ketones (excluding diaryl/α,β-unsaturated/α-hetero) is 1. The van der Waals surface area contributed by atoms with Crippen molar-refractivity contribution >= 4 is 11.8 Å². The third kappa shape index (κ3) is 3.32. The Morgan fingerprint density at radius 3 is 2.57 bits per heavy atom. The first-order valence-corrected chi connectivity index (χ1v) is 7.35. The van der Waals surface area contributed by atoms with Crippen molar-refractivity contribution in [2.75, 3.05) is 0 Å². The van der Waals surface area contributed by atoms with E-state index in [1.807, 2.05) is 19.9 Å². The van der Waals surface area contributed by atoms with Crippen molar-refractivity contribution in [2.45, 2.75) is 46.5 Å². The van der Waals surface area contributed by atoms with Gasteiger partial charge in [0.25, 0.3) is 0 Å². The molecule has 21 heavy (non-hydrogen) atoms. The molecule has 2 rings (SSSR count). The lowest BCUT2D eigenvalue weighted by atomic mass is 9.95. The van der Waals surface area contributed by atoms with E-state index >= 15 is 0 Å². The van der Waals surface area contributed by atoms with Crippen molar-refractivity contribution in [2.24, 2.45) is 0 Å². The zero-order valence-electron chi connectivity index (χ0n) is 12.7. The number of fused-ring (bicyclic) bond motifs is 1. The van der Waals surface area contributed by atoms with Crippen LogP contribution in [0.1, 0.15) is 45.6 Å². The zero-order valence-corrected chi connectivity index (χ0v) is 12.7. The van der Waals surface area contributed by atoms with Crippen molar-refractivity contribution < 1.29 is 19.1 Å². The summed E-state index contributed by atoms with van der Waals surface area (Å²) < 4.78 is 11.0. The minimum absolute atomic E-state index is 0.124. The van der Waals surface area contributed by atoms with Crippen molar-refractivity contribution in [3.05, 3.63) is 35.1 Å². The molecule has 0 saturated heterocycles. The number of allylic oxidation sites excluding steroid dienone is 2. The third-order valence-electron chi connectivity index (χ3n) is 3.47. The maximum absolute atomic E-state index is 12.0. The summed E-state index contributed by atoms with van der Waals surface area (Å²) in [6.45, 7) is 5.56. The van der Waals surface area contributed by atoms with Crippen LogP contribution >= 0.6 is 0 Å². The molecule has 0 amide bonds. The molecule has 0 N–H and O–H groups in total. The first-order valence-electron chi connectivity index (χ1n) is 7.35. The van der Waals surface area contributed by atoms with E-state index in [0.29, 0.717) is 42.9 Å². The van der Waals surface area contributed by atoms with Crippen molar-refractivity contribution in [3.8, 4) is 11.5 Å². The maximum atomic E-state index is 12.0. The molecule has 0 bridgehead atoms. The van der Waals surface area contributed by atoms with Gasteiger partial charge >= 0.3 is 5.97 Å². The topological polar surface area (TPSA) is 52.6 Å². The Morgan fingerprint density at radius 1 is 1.19 bits per heavy atom. The molecule has 0 aromatic heterocycles. The van der Waals surface area contributed by atoms with Crippen molar-refractivity contribution in [3.63, 3.8) is 0 Å². The third-order valence-corrected chi connectivity index (χ3v) is 3.47. The molecule has 4 heteroatoms. The summed E-state index contributed by atoms with van der Waals surface area (Å²) in [4.78, 5) is 23.3. The molecule has 0 unspecified atom stereocenters. The average molecular weight is 288 g/mol. The second-order valence-electron chi connectivity index (χ2n) is 4.91. The predicted molar refractivity (Wildman–Crippen MR) is 79.3 cm³/mol. The Bertz CT molecular complexity index is 599. The van der Waals surface area contributed by atoms with Gasteiger partial charge in [-0.2, -0.15) is 0 Å². The van der Waals surface area contributed by atoms with Crippen molar-refractivity contribution in [1.82, 2.24) is 0 Å². The Kier molecular flexibility index (Phi) is 4.78. The number of ketones is 1. The van der Waals surface area contributed by atoms with Crippen LogP contribution in [-0.4, -0.2) is 11.8 Å². The van der Waals surface area contributed by atoms with E-state index in [4.69, 9.17) is 9.47 Å².